The van der Waals surface area contributed by atoms with Gasteiger partial charge < -0.3 is 9.74 Å². The lowest BCUT2D eigenvalue weighted by Crippen LogP contribution is -2.30. The number of hydrazine groups is 1. The molecule has 1 unspecified atom stereocenters. The fourth-order valence-corrected chi connectivity index (χ4v) is 1.98. The van der Waals surface area contributed by atoms with Crippen molar-refractivity contribution in [2.75, 3.05) is 19.6 Å². The zero-order chi connectivity index (χ0) is 11.3. The molecule has 0 radical (unpaired) electrons. The first kappa shape index (κ1) is 12.4. The molecule has 15 heavy (non-hydrogen) atoms. The average Bonchev–Trinajstić information content (AvgIpc) is 2.63. The maximum absolute atomic E-state index is 11.0. The number of likely N-dealkylation sites (tertiary alicyclic amines) is 1. The van der Waals surface area contributed by atoms with Gasteiger partial charge in [-0.1, -0.05) is 19.4 Å². The van der Waals surface area contributed by atoms with Crippen molar-refractivity contribution in [2.45, 2.75) is 26.7 Å². The number of rotatable bonds is 5. The SMILES string of the molecule is CC(C)C1CCN(CCC(=O)ONN)C1. The van der Waals surface area contributed by atoms with E-state index in [1.165, 1.54) is 6.42 Å². The number of hydrogen-bond acceptors (Lipinski definition) is 5. The zero-order valence-electron chi connectivity index (χ0n) is 9.53. The molecule has 5 nitrogen and oxygen atoms in total. The Labute approximate surface area is 90.9 Å². The molecule has 0 aromatic heterocycles. The predicted molar refractivity (Wildman–Crippen MR) is 57.4 cm³/mol. The van der Waals surface area contributed by atoms with Gasteiger partial charge in [0.05, 0.1) is 6.42 Å². The van der Waals surface area contributed by atoms with Crippen molar-refractivity contribution in [1.82, 2.24) is 10.5 Å². The molecule has 0 bridgehead atoms. The molecule has 3 N–H and O–H groups in total. The summed E-state index contributed by atoms with van der Waals surface area (Å²) in [4.78, 5) is 17.8. The molecule has 1 atom stereocenters. The second-order valence-corrected chi connectivity index (χ2v) is 4.44. The number of hydrogen-bond donors (Lipinski definition) is 2. The molecule has 0 amide bonds. The van der Waals surface area contributed by atoms with Crippen LogP contribution in [0.4, 0.5) is 0 Å². The largest absolute Gasteiger partial charge is 0.356 e. The van der Waals surface area contributed by atoms with E-state index in [0.29, 0.717) is 6.42 Å². The maximum Gasteiger partial charge on any atom is 0.327 e. The van der Waals surface area contributed by atoms with Gasteiger partial charge in [-0.3, -0.25) is 4.79 Å². The summed E-state index contributed by atoms with van der Waals surface area (Å²) in [6.45, 7) is 7.46. The Bertz CT molecular complexity index is 209. The highest BCUT2D eigenvalue weighted by atomic mass is 16.7. The molecule has 0 spiro atoms. The molecule has 88 valence electrons. The minimum absolute atomic E-state index is 0.300. The molecule has 1 aliphatic rings. The van der Waals surface area contributed by atoms with Gasteiger partial charge in [-0.05, 0) is 24.8 Å². The number of nitrogens with two attached hydrogens (primary N) is 1. The van der Waals surface area contributed by atoms with Crippen molar-refractivity contribution in [3.63, 3.8) is 0 Å². The molecular weight excluding hydrogens is 194 g/mol. The summed E-state index contributed by atoms with van der Waals surface area (Å²) in [5, 5.41) is 0. The number of nitrogens with one attached hydrogen (secondary N) is 1. The van der Waals surface area contributed by atoms with Gasteiger partial charge in [-0.15, -0.1) is 0 Å². The van der Waals surface area contributed by atoms with E-state index in [2.05, 4.69) is 23.6 Å². The lowest BCUT2D eigenvalue weighted by molar-refractivity contribution is -0.151. The third kappa shape index (κ3) is 4.15. The van der Waals surface area contributed by atoms with E-state index in [4.69, 9.17) is 5.84 Å². The summed E-state index contributed by atoms with van der Waals surface area (Å²) in [5.74, 6) is 6.07. The lowest BCUT2D eigenvalue weighted by atomic mass is 9.95. The summed E-state index contributed by atoms with van der Waals surface area (Å²) in [7, 11) is 0. The van der Waals surface area contributed by atoms with Crippen LogP contribution in [0.15, 0.2) is 0 Å². The fourth-order valence-electron chi connectivity index (χ4n) is 1.98. The normalized spacial score (nSPS) is 22.3. The summed E-state index contributed by atoms with van der Waals surface area (Å²) in [6, 6.07) is 0. The quantitative estimate of drug-likeness (QED) is 0.509. The van der Waals surface area contributed by atoms with Crippen molar-refractivity contribution >= 4 is 5.97 Å². The minimum atomic E-state index is -0.300. The highest BCUT2D eigenvalue weighted by molar-refractivity contribution is 5.69. The summed E-state index contributed by atoms with van der Waals surface area (Å²) in [5.41, 5.74) is 1.90. The van der Waals surface area contributed by atoms with E-state index in [9.17, 15) is 4.79 Å². The zero-order valence-corrected chi connectivity index (χ0v) is 9.53. The van der Waals surface area contributed by atoms with Crippen molar-refractivity contribution in [3.8, 4) is 0 Å². The number of nitrogens with zero attached hydrogens (tertiary/aromatic N) is 1. The Hall–Kier alpha value is -0.650. The van der Waals surface area contributed by atoms with Crippen LogP contribution in [0.5, 0.6) is 0 Å². The van der Waals surface area contributed by atoms with E-state index in [-0.39, 0.29) is 5.97 Å². The second kappa shape index (κ2) is 6.05. The smallest absolute Gasteiger partial charge is 0.327 e. The molecular formula is C10H21N3O2. The summed E-state index contributed by atoms with van der Waals surface area (Å²) < 4.78 is 0. The summed E-state index contributed by atoms with van der Waals surface area (Å²) in [6.07, 6.45) is 1.64. The van der Waals surface area contributed by atoms with Crippen LogP contribution in [-0.4, -0.2) is 30.5 Å². The Kier molecular flexibility index (Phi) is 5.01. The van der Waals surface area contributed by atoms with Crippen LogP contribution in [0.2, 0.25) is 0 Å². The standard InChI is InChI=1S/C10H21N3O2/c1-8(2)9-3-5-13(7-9)6-4-10(14)15-12-11/h8-9,12H,3-7,11H2,1-2H3. The van der Waals surface area contributed by atoms with Gasteiger partial charge in [0, 0.05) is 13.1 Å². The second-order valence-electron chi connectivity index (χ2n) is 4.44. The van der Waals surface area contributed by atoms with E-state index in [1.807, 2.05) is 5.59 Å². The van der Waals surface area contributed by atoms with Gasteiger partial charge in [0.15, 0.2) is 0 Å². The number of carbonyl (C=O) groups is 1. The fraction of sp³-hybridized carbons (Fsp3) is 0.900. The van der Waals surface area contributed by atoms with Crippen molar-refractivity contribution in [2.24, 2.45) is 17.7 Å². The maximum atomic E-state index is 11.0. The Morgan fingerprint density at radius 1 is 1.67 bits per heavy atom. The monoisotopic (exact) mass is 215 g/mol. The first-order chi connectivity index (χ1) is 7.13. The highest BCUT2D eigenvalue weighted by Crippen LogP contribution is 2.23. The molecule has 0 aromatic rings. The molecule has 0 aliphatic carbocycles. The minimum Gasteiger partial charge on any atom is -0.356 e. The topological polar surface area (TPSA) is 67.6 Å². The molecule has 1 aliphatic heterocycles. The third-order valence-electron chi connectivity index (χ3n) is 3.06. The van der Waals surface area contributed by atoms with E-state index in [1.54, 1.807) is 0 Å². The van der Waals surface area contributed by atoms with Gasteiger partial charge in [-0.2, -0.15) is 0 Å². The molecule has 1 rings (SSSR count). The van der Waals surface area contributed by atoms with Crippen molar-refractivity contribution in [3.05, 3.63) is 0 Å². The van der Waals surface area contributed by atoms with Gasteiger partial charge in [0.25, 0.3) is 0 Å². The first-order valence-electron chi connectivity index (χ1n) is 5.51. The summed E-state index contributed by atoms with van der Waals surface area (Å²) >= 11 is 0. The van der Waals surface area contributed by atoms with Crippen LogP contribution in [0.3, 0.4) is 0 Å². The van der Waals surface area contributed by atoms with Crippen LogP contribution < -0.4 is 11.4 Å². The number of carbonyl (C=O) groups excluding carboxylic acids is 1. The highest BCUT2D eigenvalue weighted by Gasteiger charge is 2.24. The van der Waals surface area contributed by atoms with Crippen LogP contribution in [0, 0.1) is 11.8 Å². The van der Waals surface area contributed by atoms with Gasteiger partial charge in [0.1, 0.15) is 0 Å². The van der Waals surface area contributed by atoms with Crippen LogP contribution in [-0.2, 0) is 9.63 Å². The van der Waals surface area contributed by atoms with Crippen LogP contribution >= 0.6 is 0 Å². The Balaban J connectivity index is 2.16. The predicted octanol–water partition coefficient (Wildman–Crippen LogP) is 0.276. The molecule has 0 saturated carbocycles. The molecule has 0 aromatic carbocycles. The van der Waals surface area contributed by atoms with E-state index < -0.39 is 0 Å². The van der Waals surface area contributed by atoms with Crippen molar-refractivity contribution < 1.29 is 9.63 Å². The van der Waals surface area contributed by atoms with Gasteiger partial charge in [-0.25, -0.2) is 5.84 Å². The van der Waals surface area contributed by atoms with Crippen LogP contribution in [0.1, 0.15) is 26.7 Å². The lowest BCUT2D eigenvalue weighted by Gasteiger charge is -2.17. The molecule has 1 fully saturated rings. The first-order valence-corrected chi connectivity index (χ1v) is 5.51. The Morgan fingerprint density at radius 2 is 2.40 bits per heavy atom. The van der Waals surface area contributed by atoms with Crippen molar-refractivity contribution in [1.29, 1.82) is 0 Å². The van der Waals surface area contributed by atoms with Crippen LogP contribution in [0.25, 0.3) is 0 Å². The molecule has 1 heterocycles. The Morgan fingerprint density at radius 3 is 2.93 bits per heavy atom. The van der Waals surface area contributed by atoms with E-state index >= 15 is 0 Å². The average molecular weight is 215 g/mol. The van der Waals surface area contributed by atoms with Gasteiger partial charge in [0.2, 0.25) is 0 Å². The molecule has 1 saturated heterocycles. The van der Waals surface area contributed by atoms with Gasteiger partial charge >= 0.3 is 5.97 Å². The van der Waals surface area contributed by atoms with E-state index in [0.717, 1.165) is 31.5 Å². The third-order valence-corrected chi connectivity index (χ3v) is 3.06. The molecule has 5 heteroatoms.